The minimum Gasteiger partial charge on any atom is -0.460 e. The Kier molecular flexibility index (Phi) is 3.39. The topological polar surface area (TPSA) is 50.4 Å². The van der Waals surface area contributed by atoms with E-state index in [9.17, 15) is 0 Å². The van der Waals surface area contributed by atoms with Crippen LogP contribution in [0.2, 0.25) is 5.02 Å². The SMILES string of the molecule is Cc1ccc(/C=N/Nc2ccnc3cc(Cl)ccc23)o1. The van der Waals surface area contributed by atoms with Crippen molar-refractivity contribution in [2.24, 2.45) is 5.10 Å². The van der Waals surface area contributed by atoms with Crippen molar-refractivity contribution < 1.29 is 4.42 Å². The lowest BCUT2D eigenvalue weighted by Crippen LogP contribution is -1.92. The average molecular weight is 286 g/mol. The molecule has 0 aliphatic heterocycles. The van der Waals surface area contributed by atoms with Crippen LogP contribution in [0, 0.1) is 6.92 Å². The monoisotopic (exact) mass is 285 g/mol. The molecule has 1 aromatic carbocycles. The van der Waals surface area contributed by atoms with Crippen LogP contribution < -0.4 is 5.43 Å². The van der Waals surface area contributed by atoms with Gasteiger partial charge in [0.25, 0.3) is 0 Å². The first-order valence-electron chi connectivity index (χ1n) is 6.12. The summed E-state index contributed by atoms with van der Waals surface area (Å²) in [7, 11) is 0. The molecule has 2 heterocycles. The van der Waals surface area contributed by atoms with Crippen LogP contribution in [0.5, 0.6) is 0 Å². The number of aryl methyl sites for hydroxylation is 1. The van der Waals surface area contributed by atoms with Gasteiger partial charge in [-0.25, -0.2) is 0 Å². The van der Waals surface area contributed by atoms with Crippen molar-refractivity contribution in [2.75, 3.05) is 5.43 Å². The lowest BCUT2D eigenvalue weighted by Gasteiger charge is -2.04. The van der Waals surface area contributed by atoms with Crippen LogP contribution in [-0.2, 0) is 0 Å². The van der Waals surface area contributed by atoms with E-state index in [0.29, 0.717) is 10.8 Å². The molecular weight excluding hydrogens is 274 g/mol. The second kappa shape index (κ2) is 5.35. The minimum atomic E-state index is 0.664. The maximum Gasteiger partial charge on any atom is 0.147 e. The number of nitrogens with one attached hydrogen (secondary N) is 1. The highest BCUT2D eigenvalue weighted by Gasteiger charge is 2.01. The summed E-state index contributed by atoms with van der Waals surface area (Å²) >= 11 is 5.96. The quantitative estimate of drug-likeness (QED) is 0.578. The van der Waals surface area contributed by atoms with Crippen molar-refractivity contribution >= 4 is 34.4 Å². The number of halogens is 1. The predicted molar refractivity (Wildman–Crippen MR) is 81.4 cm³/mol. The molecule has 0 aliphatic carbocycles. The molecular formula is C15H12ClN3O. The van der Waals surface area contributed by atoms with E-state index in [-0.39, 0.29) is 0 Å². The summed E-state index contributed by atoms with van der Waals surface area (Å²) in [5.74, 6) is 1.56. The summed E-state index contributed by atoms with van der Waals surface area (Å²) in [6, 6.07) is 11.2. The number of benzene rings is 1. The number of hydrogen-bond donors (Lipinski definition) is 1. The number of fused-ring (bicyclic) bond motifs is 1. The van der Waals surface area contributed by atoms with Gasteiger partial charge < -0.3 is 4.42 Å². The molecule has 3 aromatic rings. The highest BCUT2D eigenvalue weighted by molar-refractivity contribution is 6.31. The molecule has 0 atom stereocenters. The molecule has 0 saturated heterocycles. The van der Waals surface area contributed by atoms with E-state index in [1.165, 1.54) is 0 Å². The van der Waals surface area contributed by atoms with Crippen LogP contribution >= 0.6 is 11.6 Å². The minimum absolute atomic E-state index is 0.664. The third kappa shape index (κ3) is 2.65. The van der Waals surface area contributed by atoms with Crippen molar-refractivity contribution in [3.05, 3.63) is 59.1 Å². The van der Waals surface area contributed by atoms with Crippen LogP contribution in [-0.4, -0.2) is 11.2 Å². The van der Waals surface area contributed by atoms with Crippen LogP contribution in [0.15, 0.2) is 52.1 Å². The van der Waals surface area contributed by atoms with Gasteiger partial charge in [-0.2, -0.15) is 5.10 Å². The van der Waals surface area contributed by atoms with Crippen molar-refractivity contribution in [1.29, 1.82) is 0 Å². The molecule has 0 saturated carbocycles. The molecule has 4 nitrogen and oxygen atoms in total. The average Bonchev–Trinajstić information content (AvgIpc) is 2.84. The van der Waals surface area contributed by atoms with Crippen LogP contribution in [0.4, 0.5) is 5.69 Å². The number of hydrazone groups is 1. The first-order chi connectivity index (χ1) is 9.72. The molecule has 0 unspecified atom stereocenters. The zero-order valence-electron chi connectivity index (χ0n) is 10.8. The number of rotatable bonds is 3. The van der Waals surface area contributed by atoms with Gasteiger partial charge in [0.05, 0.1) is 17.4 Å². The summed E-state index contributed by atoms with van der Waals surface area (Å²) in [5, 5.41) is 5.79. The Balaban J connectivity index is 1.86. The molecule has 0 bridgehead atoms. The fourth-order valence-electron chi connectivity index (χ4n) is 1.91. The van der Waals surface area contributed by atoms with Gasteiger partial charge in [-0.15, -0.1) is 0 Å². The van der Waals surface area contributed by atoms with E-state index in [1.54, 1.807) is 12.4 Å². The molecule has 0 fully saturated rings. The Morgan fingerprint density at radius 1 is 1.25 bits per heavy atom. The van der Waals surface area contributed by atoms with Crippen LogP contribution in [0.3, 0.4) is 0 Å². The van der Waals surface area contributed by atoms with E-state index < -0.39 is 0 Å². The molecule has 5 heteroatoms. The standard InChI is InChI=1S/C15H12ClN3O/c1-10-2-4-12(20-10)9-18-19-14-6-7-17-15-8-11(16)3-5-13(14)15/h2-9H,1H3,(H,17,19)/b18-9+. The molecule has 0 aliphatic rings. The second-order valence-electron chi connectivity index (χ2n) is 4.34. The van der Waals surface area contributed by atoms with Gasteiger partial charge in [0.1, 0.15) is 11.5 Å². The van der Waals surface area contributed by atoms with Crippen LogP contribution in [0.1, 0.15) is 11.5 Å². The summed E-state index contributed by atoms with van der Waals surface area (Å²) in [4.78, 5) is 4.28. The third-order valence-corrected chi connectivity index (χ3v) is 3.08. The van der Waals surface area contributed by atoms with Gasteiger partial charge in [0, 0.05) is 16.6 Å². The van der Waals surface area contributed by atoms with E-state index in [2.05, 4.69) is 15.5 Å². The maximum atomic E-state index is 5.96. The largest absolute Gasteiger partial charge is 0.460 e. The van der Waals surface area contributed by atoms with Gasteiger partial charge in [-0.3, -0.25) is 10.4 Å². The number of hydrogen-bond acceptors (Lipinski definition) is 4. The Hall–Kier alpha value is -2.33. The lowest BCUT2D eigenvalue weighted by molar-refractivity contribution is 0.528. The van der Waals surface area contributed by atoms with E-state index in [0.717, 1.165) is 22.4 Å². The molecule has 2 aromatic heterocycles. The normalized spacial score (nSPS) is 11.3. The number of aromatic nitrogens is 1. The van der Waals surface area contributed by atoms with E-state index in [1.807, 2.05) is 43.3 Å². The molecule has 3 rings (SSSR count). The van der Waals surface area contributed by atoms with Crippen molar-refractivity contribution in [2.45, 2.75) is 6.92 Å². The third-order valence-electron chi connectivity index (χ3n) is 2.84. The number of nitrogens with zero attached hydrogens (tertiary/aromatic N) is 2. The summed E-state index contributed by atoms with van der Waals surface area (Å²) in [6.45, 7) is 1.89. The van der Waals surface area contributed by atoms with Crippen molar-refractivity contribution in [3.63, 3.8) is 0 Å². The maximum absolute atomic E-state index is 5.96. The Morgan fingerprint density at radius 2 is 2.15 bits per heavy atom. The van der Waals surface area contributed by atoms with Crippen LogP contribution in [0.25, 0.3) is 10.9 Å². The zero-order chi connectivity index (χ0) is 13.9. The van der Waals surface area contributed by atoms with E-state index >= 15 is 0 Å². The van der Waals surface area contributed by atoms with Crippen molar-refractivity contribution in [3.8, 4) is 0 Å². The molecule has 0 radical (unpaired) electrons. The van der Waals surface area contributed by atoms with E-state index in [4.69, 9.17) is 16.0 Å². The fraction of sp³-hybridized carbons (Fsp3) is 0.0667. The van der Waals surface area contributed by atoms with Gasteiger partial charge >= 0.3 is 0 Å². The Bertz CT molecular complexity index is 780. The predicted octanol–water partition coefficient (Wildman–Crippen LogP) is 4.24. The first kappa shape index (κ1) is 12.7. The zero-order valence-corrected chi connectivity index (χ0v) is 11.6. The number of anilines is 1. The first-order valence-corrected chi connectivity index (χ1v) is 6.50. The number of pyridine rings is 1. The highest BCUT2D eigenvalue weighted by Crippen LogP contribution is 2.24. The fourth-order valence-corrected chi connectivity index (χ4v) is 2.07. The molecule has 1 N–H and O–H groups in total. The molecule has 100 valence electrons. The Morgan fingerprint density at radius 3 is 2.95 bits per heavy atom. The van der Waals surface area contributed by atoms with Crippen molar-refractivity contribution in [1.82, 2.24) is 4.98 Å². The Labute approximate surface area is 121 Å². The summed E-state index contributed by atoms with van der Waals surface area (Å²) < 4.78 is 5.41. The van der Waals surface area contributed by atoms with Gasteiger partial charge in [0.2, 0.25) is 0 Å². The highest BCUT2D eigenvalue weighted by atomic mass is 35.5. The second-order valence-corrected chi connectivity index (χ2v) is 4.77. The molecule has 0 amide bonds. The number of furan rings is 1. The van der Waals surface area contributed by atoms with Gasteiger partial charge in [-0.05, 0) is 43.3 Å². The smallest absolute Gasteiger partial charge is 0.147 e. The lowest BCUT2D eigenvalue weighted by atomic mass is 10.2. The van der Waals surface area contributed by atoms with Gasteiger partial charge in [0.15, 0.2) is 0 Å². The summed E-state index contributed by atoms with van der Waals surface area (Å²) in [5.41, 5.74) is 4.68. The molecule has 0 spiro atoms. The van der Waals surface area contributed by atoms with Gasteiger partial charge in [-0.1, -0.05) is 11.6 Å². The summed E-state index contributed by atoms with van der Waals surface area (Å²) in [6.07, 6.45) is 3.35. The molecule has 20 heavy (non-hydrogen) atoms.